The summed E-state index contributed by atoms with van der Waals surface area (Å²) in [6.45, 7) is 0. The lowest BCUT2D eigenvalue weighted by Gasteiger charge is -2.14. The number of rotatable bonds is 8. The van der Waals surface area contributed by atoms with Crippen LogP contribution >= 0.6 is 0 Å². The van der Waals surface area contributed by atoms with E-state index in [0.29, 0.717) is 0 Å². The molecular weight excluding hydrogens is 512 g/mol. The molecule has 0 saturated heterocycles. The van der Waals surface area contributed by atoms with Crippen LogP contribution in [0.2, 0.25) is 0 Å². The van der Waals surface area contributed by atoms with Gasteiger partial charge < -0.3 is 9.47 Å². The average molecular weight is 539 g/mol. The van der Waals surface area contributed by atoms with E-state index in [2.05, 4.69) is 0 Å². The summed E-state index contributed by atoms with van der Waals surface area (Å²) in [7, 11) is -1.41. The summed E-state index contributed by atoms with van der Waals surface area (Å²) in [5.41, 5.74) is 3.80. The molecule has 0 bridgehead atoms. The topological polar surface area (TPSA) is 35.5 Å². The van der Waals surface area contributed by atoms with Gasteiger partial charge >= 0.3 is 0 Å². The Morgan fingerprint density at radius 1 is 0.350 bits per heavy atom. The van der Waals surface area contributed by atoms with Crippen LogP contribution in [-0.4, -0.2) is 4.21 Å². The molecule has 0 radical (unpaired) electrons. The number of benzene rings is 6. The summed E-state index contributed by atoms with van der Waals surface area (Å²) in [5.74, 6) is 3.07. The van der Waals surface area contributed by atoms with Crippen LogP contribution in [0.5, 0.6) is 23.0 Å². The van der Waals surface area contributed by atoms with Gasteiger partial charge in [0, 0.05) is 0 Å². The molecule has 0 unspecified atom stereocenters. The van der Waals surface area contributed by atoms with Crippen molar-refractivity contribution in [2.45, 2.75) is 9.79 Å². The van der Waals surface area contributed by atoms with E-state index < -0.39 is 10.8 Å². The first-order valence-electron chi connectivity index (χ1n) is 13.0. The highest BCUT2D eigenvalue weighted by molar-refractivity contribution is 7.85. The van der Waals surface area contributed by atoms with Gasteiger partial charge in [-0.05, 0) is 82.9 Å². The zero-order valence-corrected chi connectivity index (χ0v) is 22.5. The van der Waals surface area contributed by atoms with Gasteiger partial charge in [-0.2, -0.15) is 0 Å². The molecule has 6 aromatic rings. The van der Waals surface area contributed by atoms with Gasteiger partial charge in [0.05, 0.1) is 20.6 Å². The quantitative estimate of drug-likeness (QED) is 0.193. The van der Waals surface area contributed by atoms with Crippen molar-refractivity contribution in [2.75, 3.05) is 0 Å². The Kier molecular flexibility index (Phi) is 7.51. The van der Waals surface area contributed by atoms with Crippen LogP contribution in [0, 0.1) is 0 Å². The molecule has 6 aromatic carbocycles. The first kappa shape index (κ1) is 25.4. The van der Waals surface area contributed by atoms with Gasteiger partial charge in [-0.25, -0.2) is 4.21 Å². The molecule has 194 valence electrons. The van der Waals surface area contributed by atoms with E-state index in [-0.39, 0.29) is 0 Å². The first-order valence-corrected chi connectivity index (χ1v) is 14.2. The van der Waals surface area contributed by atoms with Crippen LogP contribution in [0.1, 0.15) is 0 Å². The van der Waals surface area contributed by atoms with Crippen molar-refractivity contribution in [1.29, 1.82) is 0 Å². The Labute approximate surface area is 236 Å². The molecule has 0 amide bonds. The molecule has 3 nitrogen and oxygen atoms in total. The predicted molar refractivity (Wildman–Crippen MR) is 161 cm³/mol. The lowest BCUT2D eigenvalue weighted by atomic mass is 10.1. The molecule has 0 saturated carbocycles. The number of hydrogen-bond acceptors (Lipinski definition) is 3. The maximum Gasteiger partial charge on any atom is 0.127 e. The van der Waals surface area contributed by atoms with Gasteiger partial charge in [-0.1, -0.05) is 97.1 Å². The highest BCUT2D eigenvalue weighted by atomic mass is 32.2. The Morgan fingerprint density at radius 2 is 0.675 bits per heavy atom. The molecule has 0 fully saturated rings. The normalized spacial score (nSPS) is 10.8. The van der Waals surface area contributed by atoms with Crippen LogP contribution in [0.25, 0.3) is 22.3 Å². The third-order valence-corrected chi connectivity index (χ3v) is 7.97. The van der Waals surface area contributed by atoms with Crippen molar-refractivity contribution >= 4 is 10.8 Å². The summed E-state index contributed by atoms with van der Waals surface area (Å²) in [5, 5.41) is 0. The van der Waals surface area contributed by atoms with Gasteiger partial charge in [0.15, 0.2) is 0 Å². The highest BCUT2D eigenvalue weighted by Crippen LogP contribution is 2.35. The van der Waals surface area contributed by atoms with E-state index in [0.717, 1.165) is 55.0 Å². The van der Waals surface area contributed by atoms with E-state index in [9.17, 15) is 4.21 Å². The molecule has 40 heavy (non-hydrogen) atoms. The molecule has 0 aliphatic heterocycles. The third-order valence-electron chi connectivity index (χ3n) is 6.46. The van der Waals surface area contributed by atoms with Crippen LogP contribution < -0.4 is 9.47 Å². The van der Waals surface area contributed by atoms with Gasteiger partial charge in [-0.3, -0.25) is 0 Å². The van der Waals surface area contributed by atoms with Crippen LogP contribution in [0.3, 0.4) is 0 Å². The fourth-order valence-corrected chi connectivity index (χ4v) is 5.92. The molecular formula is C36H26O3S. The summed E-state index contributed by atoms with van der Waals surface area (Å²) in [6.07, 6.45) is 0. The van der Waals surface area contributed by atoms with Crippen LogP contribution in [-0.2, 0) is 10.8 Å². The van der Waals surface area contributed by atoms with Crippen molar-refractivity contribution in [2.24, 2.45) is 0 Å². The average Bonchev–Trinajstić information content (AvgIpc) is 3.03. The first-order chi connectivity index (χ1) is 19.7. The Morgan fingerprint density at radius 3 is 1.07 bits per heavy atom. The second-order valence-corrected chi connectivity index (χ2v) is 10.6. The third kappa shape index (κ3) is 5.73. The van der Waals surface area contributed by atoms with E-state index in [1.165, 1.54) is 0 Å². The van der Waals surface area contributed by atoms with Crippen LogP contribution in [0.4, 0.5) is 0 Å². The van der Waals surface area contributed by atoms with Crippen molar-refractivity contribution in [1.82, 2.24) is 0 Å². The maximum atomic E-state index is 14.1. The molecule has 4 heteroatoms. The zero-order chi connectivity index (χ0) is 27.1. The Hall–Kier alpha value is -4.93. The molecule has 0 N–H and O–H groups in total. The lowest BCUT2D eigenvalue weighted by molar-refractivity contribution is 0.482. The molecule has 0 heterocycles. The highest BCUT2D eigenvalue weighted by Gasteiger charge is 2.17. The molecule has 6 rings (SSSR count). The molecule has 0 aliphatic carbocycles. The van der Waals surface area contributed by atoms with Gasteiger partial charge in [0.1, 0.15) is 23.0 Å². The van der Waals surface area contributed by atoms with E-state index >= 15 is 0 Å². The van der Waals surface area contributed by atoms with E-state index in [1.807, 2.05) is 158 Å². The summed E-state index contributed by atoms with van der Waals surface area (Å²) >= 11 is 0. The largest absolute Gasteiger partial charge is 0.457 e. The van der Waals surface area contributed by atoms with E-state index in [4.69, 9.17) is 9.47 Å². The minimum Gasteiger partial charge on any atom is -0.457 e. The Bertz CT molecular complexity index is 1600. The van der Waals surface area contributed by atoms with Crippen molar-refractivity contribution in [3.8, 4) is 45.3 Å². The van der Waals surface area contributed by atoms with Gasteiger partial charge in [-0.15, -0.1) is 0 Å². The minimum absolute atomic E-state index is 0.749. The van der Waals surface area contributed by atoms with Gasteiger partial charge in [0.2, 0.25) is 0 Å². The predicted octanol–water partition coefficient (Wildman–Crippen LogP) is 9.77. The van der Waals surface area contributed by atoms with Gasteiger partial charge in [0.25, 0.3) is 0 Å². The fraction of sp³-hybridized carbons (Fsp3) is 0. The molecule has 0 aliphatic rings. The fourth-order valence-electron chi connectivity index (χ4n) is 4.51. The SMILES string of the molecule is O=S(c1ccccc1-c1ccc(Oc2ccccc2)cc1)c1ccccc1-c1ccc(Oc2ccccc2)cc1. The Balaban J connectivity index is 1.27. The van der Waals surface area contributed by atoms with Crippen molar-refractivity contribution < 1.29 is 13.7 Å². The standard InChI is InChI=1S/C36H26O3S/c37-40(35-17-9-7-15-33(35)27-19-23-31(24-20-27)38-29-11-3-1-4-12-29)36-18-10-8-16-34(36)28-21-25-32(26-22-28)39-30-13-5-2-6-14-30/h1-26H. The second-order valence-electron chi connectivity index (χ2n) is 9.14. The van der Waals surface area contributed by atoms with Crippen LogP contribution in [0.15, 0.2) is 168 Å². The minimum atomic E-state index is -1.41. The summed E-state index contributed by atoms with van der Waals surface area (Å²) in [6, 6.07) is 50.9. The molecule has 0 aromatic heterocycles. The number of hydrogen-bond donors (Lipinski definition) is 0. The zero-order valence-electron chi connectivity index (χ0n) is 21.6. The van der Waals surface area contributed by atoms with Crippen molar-refractivity contribution in [3.63, 3.8) is 0 Å². The summed E-state index contributed by atoms with van der Waals surface area (Å²) in [4.78, 5) is 1.52. The smallest absolute Gasteiger partial charge is 0.127 e. The summed E-state index contributed by atoms with van der Waals surface area (Å²) < 4.78 is 26.0. The molecule has 0 spiro atoms. The molecule has 0 atom stereocenters. The second kappa shape index (κ2) is 11.9. The number of ether oxygens (including phenoxy) is 2. The van der Waals surface area contributed by atoms with Crippen molar-refractivity contribution in [3.05, 3.63) is 158 Å². The number of para-hydroxylation sites is 2. The van der Waals surface area contributed by atoms with E-state index in [1.54, 1.807) is 0 Å². The maximum absolute atomic E-state index is 14.1. The lowest BCUT2D eigenvalue weighted by Crippen LogP contribution is -1.98. The monoisotopic (exact) mass is 538 g/mol.